The van der Waals surface area contributed by atoms with Crippen LogP contribution in [-0.2, 0) is 13.0 Å². The van der Waals surface area contributed by atoms with Gasteiger partial charge in [0.15, 0.2) is 0 Å². The predicted molar refractivity (Wildman–Crippen MR) is 135 cm³/mol. The zero-order valence-electron chi connectivity index (χ0n) is 19.7. The highest BCUT2D eigenvalue weighted by Gasteiger charge is 2.42. The number of benzene rings is 1. The summed E-state index contributed by atoms with van der Waals surface area (Å²) >= 11 is 1.66. The number of carbonyl (C=O) groups excluding carboxylic acids is 1. The highest BCUT2D eigenvalue weighted by atomic mass is 32.1. The molecule has 1 aromatic carbocycles. The Labute approximate surface area is 207 Å². The smallest absolute Gasteiger partial charge is 0.271 e. The van der Waals surface area contributed by atoms with Gasteiger partial charge in [0.1, 0.15) is 17.0 Å². The fourth-order valence-corrected chi connectivity index (χ4v) is 6.22. The number of nitrogens with zero attached hydrogens (tertiary/aromatic N) is 4. The average Bonchev–Trinajstić information content (AvgIpc) is 3.68. The van der Waals surface area contributed by atoms with Gasteiger partial charge in [-0.1, -0.05) is 6.07 Å². The molecular weight excluding hydrogens is 458 g/mol. The average molecular weight is 484 g/mol. The summed E-state index contributed by atoms with van der Waals surface area (Å²) in [6.07, 6.45) is 4.13. The number of aromatic amines is 1. The maximum atomic E-state index is 13.9. The van der Waals surface area contributed by atoms with Crippen LogP contribution in [0.15, 0.2) is 48.0 Å². The van der Waals surface area contributed by atoms with Gasteiger partial charge in [-0.15, -0.1) is 11.3 Å². The van der Waals surface area contributed by atoms with E-state index in [1.807, 2.05) is 25.1 Å². The molecule has 0 aliphatic carbocycles. The molecule has 5 heterocycles. The second kappa shape index (κ2) is 8.14. The number of aromatic nitrogens is 3. The highest BCUT2D eigenvalue weighted by molar-refractivity contribution is 7.13. The van der Waals surface area contributed by atoms with E-state index in [4.69, 9.17) is 4.74 Å². The van der Waals surface area contributed by atoms with Crippen molar-refractivity contribution in [2.45, 2.75) is 38.3 Å². The van der Waals surface area contributed by atoms with Crippen LogP contribution in [0.2, 0.25) is 0 Å². The van der Waals surface area contributed by atoms with Crippen molar-refractivity contribution in [3.8, 4) is 44.8 Å². The molecule has 0 unspecified atom stereocenters. The molecular formula is C27H25N5O2S. The van der Waals surface area contributed by atoms with Gasteiger partial charge in [0.25, 0.3) is 5.91 Å². The molecule has 8 heteroatoms. The molecule has 0 spiro atoms. The van der Waals surface area contributed by atoms with Crippen molar-refractivity contribution >= 4 is 17.2 Å². The minimum atomic E-state index is -0.766. The number of thiophene rings is 1. The van der Waals surface area contributed by atoms with Crippen molar-refractivity contribution in [1.82, 2.24) is 19.7 Å². The molecule has 1 N–H and O–H groups in total. The van der Waals surface area contributed by atoms with E-state index < -0.39 is 5.54 Å². The molecule has 4 aromatic rings. The predicted octanol–water partition coefficient (Wildman–Crippen LogP) is 5.36. The third-order valence-corrected chi connectivity index (χ3v) is 8.19. The van der Waals surface area contributed by atoms with Crippen LogP contribution in [0.25, 0.3) is 33.0 Å². The first-order chi connectivity index (χ1) is 17.0. The standard InChI is InChI=1S/C27H25N5O2S/c1-27(16-28)8-4-10-32(27)26(33)22-15-20(24-5-3-12-35-24)25-18-14-19(21-6-9-29-30-21)23(34-2)13-17(18)7-11-31(22)25/h3,5-6,9,12-15H,4,7-8,10-11H2,1-2H3,(H,29,30)/t27-/m1/s1. The molecule has 0 bridgehead atoms. The number of amides is 1. The first-order valence-corrected chi connectivity index (χ1v) is 12.6. The number of methoxy groups -OCH3 is 1. The second-order valence-electron chi connectivity index (χ2n) is 9.29. The summed E-state index contributed by atoms with van der Waals surface area (Å²) in [7, 11) is 1.68. The summed E-state index contributed by atoms with van der Waals surface area (Å²) in [4.78, 5) is 16.7. The maximum absolute atomic E-state index is 13.9. The second-order valence-corrected chi connectivity index (χ2v) is 10.2. The lowest BCUT2D eigenvalue weighted by atomic mass is 9.92. The number of rotatable bonds is 4. The van der Waals surface area contributed by atoms with Crippen molar-refractivity contribution in [1.29, 1.82) is 5.26 Å². The molecule has 176 valence electrons. The number of likely N-dealkylation sites (tertiary alicyclic amines) is 1. The molecule has 6 rings (SSSR count). The summed E-state index contributed by atoms with van der Waals surface area (Å²) in [6, 6.07) is 14.7. The van der Waals surface area contributed by atoms with Crippen LogP contribution in [0, 0.1) is 11.3 Å². The van der Waals surface area contributed by atoms with Crippen molar-refractivity contribution in [3.63, 3.8) is 0 Å². The summed E-state index contributed by atoms with van der Waals surface area (Å²) in [5.74, 6) is 0.715. The van der Waals surface area contributed by atoms with Gasteiger partial charge in [-0.2, -0.15) is 10.4 Å². The molecule has 35 heavy (non-hydrogen) atoms. The third kappa shape index (κ3) is 3.30. The number of H-pyrrole nitrogens is 1. The monoisotopic (exact) mass is 483 g/mol. The van der Waals surface area contributed by atoms with Gasteiger partial charge in [-0.05, 0) is 67.5 Å². The lowest BCUT2D eigenvalue weighted by Gasteiger charge is -2.30. The number of nitrogens with one attached hydrogen (secondary N) is 1. The van der Waals surface area contributed by atoms with Gasteiger partial charge in [-0.3, -0.25) is 9.89 Å². The molecule has 3 aromatic heterocycles. The van der Waals surface area contributed by atoms with Gasteiger partial charge >= 0.3 is 0 Å². The maximum Gasteiger partial charge on any atom is 0.271 e. The minimum absolute atomic E-state index is 0.0694. The van der Waals surface area contributed by atoms with Gasteiger partial charge in [0.05, 0.1) is 24.6 Å². The largest absolute Gasteiger partial charge is 0.496 e. The van der Waals surface area contributed by atoms with Crippen LogP contribution in [0.3, 0.4) is 0 Å². The number of hydrogen-bond acceptors (Lipinski definition) is 5. The first-order valence-electron chi connectivity index (χ1n) is 11.8. The van der Waals surface area contributed by atoms with E-state index in [2.05, 4.69) is 44.4 Å². The lowest BCUT2D eigenvalue weighted by molar-refractivity contribution is 0.0682. The van der Waals surface area contributed by atoms with Gasteiger partial charge in [0.2, 0.25) is 0 Å². The van der Waals surface area contributed by atoms with Gasteiger partial charge < -0.3 is 14.2 Å². The molecule has 1 amide bonds. The van der Waals surface area contributed by atoms with E-state index >= 15 is 0 Å². The zero-order chi connectivity index (χ0) is 24.2. The Morgan fingerprint density at radius 3 is 2.83 bits per heavy atom. The number of fused-ring (bicyclic) bond motifs is 3. The first kappa shape index (κ1) is 21.7. The molecule has 0 saturated carbocycles. The Hall–Kier alpha value is -3.83. The lowest BCUT2D eigenvalue weighted by Crippen LogP contribution is -2.44. The van der Waals surface area contributed by atoms with E-state index in [-0.39, 0.29) is 5.91 Å². The van der Waals surface area contributed by atoms with Crippen LogP contribution >= 0.6 is 11.3 Å². The summed E-state index contributed by atoms with van der Waals surface area (Å²) in [5, 5.41) is 19.1. The van der Waals surface area contributed by atoms with Crippen molar-refractivity contribution in [2.24, 2.45) is 0 Å². The highest BCUT2D eigenvalue weighted by Crippen LogP contribution is 2.45. The molecule has 7 nitrogen and oxygen atoms in total. The number of carbonyl (C=O) groups is 1. The Morgan fingerprint density at radius 1 is 1.23 bits per heavy atom. The van der Waals surface area contributed by atoms with Gasteiger partial charge in [0, 0.05) is 40.9 Å². The Balaban J connectivity index is 1.56. The quantitative estimate of drug-likeness (QED) is 0.424. The summed E-state index contributed by atoms with van der Waals surface area (Å²) < 4.78 is 7.87. The van der Waals surface area contributed by atoms with Crippen molar-refractivity contribution in [2.75, 3.05) is 13.7 Å². The fraction of sp³-hybridized carbons (Fsp3) is 0.296. The zero-order valence-corrected chi connectivity index (χ0v) is 20.5. The number of aryl methyl sites for hydroxylation is 1. The Kier molecular flexibility index (Phi) is 5.04. The topological polar surface area (TPSA) is 86.9 Å². The third-order valence-electron chi connectivity index (χ3n) is 7.29. The molecule has 2 aliphatic rings. The van der Waals surface area contributed by atoms with Crippen LogP contribution in [0.4, 0.5) is 0 Å². The number of nitriles is 1. The molecule has 1 saturated heterocycles. The minimum Gasteiger partial charge on any atom is -0.496 e. The molecule has 1 atom stereocenters. The number of ether oxygens (including phenoxy) is 1. The molecule has 0 radical (unpaired) electrons. The van der Waals surface area contributed by atoms with E-state index in [9.17, 15) is 10.1 Å². The van der Waals surface area contributed by atoms with Crippen LogP contribution in [0.5, 0.6) is 5.75 Å². The van der Waals surface area contributed by atoms with Gasteiger partial charge in [-0.25, -0.2) is 0 Å². The van der Waals surface area contributed by atoms with E-state index in [0.717, 1.165) is 51.5 Å². The van der Waals surface area contributed by atoms with Crippen molar-refractivity contribution < 1.29 is 9.53 Å². The van der Waals surface area contributed by atoms with Crippen molar-refractivity contribution in [3.05, 3.63) is 59.2 Å². The summed E-state index contributed by atoms with van der Waals surface area (Å²) in [5.41, 5.74) is 5.95. The Morgan fingerprint density at radius 2 is 2.11 bits per heavy atom. The summed E-state index contributed by atoms with van der Waals surface area (Å²) in [6.45, 7) is 3.17. The van der Waals surface area contributed by atoms with Crippen LogP contribution < -0.4 is 4.74 Å². The van der Waals surface area contributed by atoms with E-state index in [1.54, 1.807) is 29.5 Å². The Bertz CT molecular complexity index is 1460. The van der Waals surface area contributed by atoms with Crippen LogP contribution in [0.1, 0.15) is 35.8 Å². The SMILES string of the molecule is COc1cc2c(cc1-c1cc[nH]n1)-c1c(-c3cccs3)cc(C(=O)N3CCC[C@]3(C)C#N)n1CC2. The van der Waals surface area contributed by atoms with Crippen LogP contribution in [-0.4, -0.2) is 44.8 Å². The fourth-order valence-electron chi connectivity index (χ4n) is 5.47. The molecule has 2 aliphatic heterocycles. The normalized spacial score (nSPS) is 18.7. The van der Waals surface area contributed by atoms with E-state index in [0.29, 0.717) is 25.2 Å². The number of hydrogen-bond donors (Lipinski definition) is 1. The molecule has 1 fully saturated rings. The van der Waals surface area contributed by atoms with E-state index in [1.165, 1.54) is 5.56 Å².